The van der Waals surface area contributed by atoms with Crippen LogP contribution in [0, 0.1) is 12.3 Å². The van der Waals surface area contributed by atoms with Crippen molar-refractivity contribution in [2.45, 2.75) is 51.9 Å². The first kappa shape index (κ1) is 8.10. The number of hydrogen-bond donors (Lipinski definition) is 0. The molecule has 0 spiro atoms. The Morgan fingerprint density at radius 3 is 2.00 bits per heavy atom. The molecule has 1 radical (unpaired) electrons. The SMILES string of the molecule is [CH2]CC1(C)CCCCCC1. The van der Waals surface area contributed by atoms with Gasteiger partial charge < -0.3 is 0 Å². The van der Waals surface area contributed by atoms with E-state index in [1.165, 1.54) is 38.5 Å². The van der Waals surface area contributed by atoms with Crippen molar-refractivity contribution in [3.63, 3.8) is 0 Å². The van der Waals surface area contributed by atoms with Crippen molar-refractivity contribution in [2.75, 3.05) is 0 Å². The van der Waals surface area contributed by atoms with Gasteiger partial charge in [-0.1, -0.05) is 39.5 Å². The summed E-state index contributed by atoms with van der Waals surface area (Å²) in [5, 5.41) is 0. The minimum Gasteiger partial charge on any atom is -0.0596 e. The molecule has 1 rings (SSSR count). The van der Waals surface area contributed by atoms with Gasteiger partial charge in [0.25, 0.3) is 0 Å². The van der Waals surface area contributed by atoms with Gasteiger partial charge >= 0.3 is 0 Å². The number of hydrogen-bond acceptors (Lipinski definition) is 0. The zero-order valence-electron chi connectivity index (χ0n) is 7.16. The van der Waals surface area contributed by atoms with Crippen LogP contribution in [0.5, 0.6) is 0 Å². The Hall–Kier alpha value is 0. The second kappa shape index (κ2) is 3.41. The minimum absolute atomic E-state index is 0.594. The summed E-state index contributed by atoms with van der Waals surface area (Å²) in [6.07, 6.45) is 9.74. The number of rotatable bonds is 1. The van der Waals surface area contributed by atoms with E-state index in [0.29, 0.717) is 5.41 Å². The molecule has 10 heavy (non-hydrogen) atoms. The first-order chi connectivity index (χ1) is 4.77. The molecule has 0 aromatic carbocycles. The minimum atomic E-state index is 0.594. The highest BCUT2D eigenvalue weighted by Gasteiger charge is 2.22. The Kier molecular flexibility index (Phi) is 2.76. The molecule has 0 aliphatic heterocycles. The Balaban J connectivity index is 2.41. The zero-order chi connectivity index (χ0) is 7.45. The summed E-state index contributed by atoms with van der Waals surface area (Å²) in [4.78, 5) is 0. The third kappa shape index (κ3) is 2.00. The molecule has 1 aliphatic carbocycles. The molecule has 59 valence electrons. The summed E-state index contributed by atoms with van der Waals surface area (Å²) in [5.41, 5.74) is 0.594. The van der Waals surface area contributed by atoms with Gasteiger partial charge in [0.1, 0.15) is 0 Å². The molecule has 0 heteroatoms. The summed E-state index contributed by atoms with van der Waals surface area (Å²) < 4.78 is 0. The van der Waals surface area contributed by atoms with Gasteiger partial charge in [-0.15, -0.1) is 0 Å². The van der Waals surface area contributed by atoms with E-state index in [1.807, 2.05) is 0 Å². The van der Waals surface area contributed by atoms with Crippen LogP contribution in [-0.2, 0) is 0 Å². The lowest BCUT2D eigenvalue weighted by atomic mass is 9.80. The highest BCUT2D eigenvalue weighted by atomic mass is 14.3. The average Bonchev–Trinajstić information content (AvgIpc) is 2.15. The predicted molar refractivity (Wildman–Crippen MR) is 45.8 cm³/mol. The van der Waals surface area contributed by atoms with Crippen molar-refractivity contribution in [1.82, 2.24) is 0 Å². The third-order valence-corrected chi connectivity index (χ3v) is 2.91. The quantitative estimate of drug-likeness (QED) is 0.487. The molecule has 1 aliphatic rings. The van der Waals surface area contributed by atoms with Crippen molar-refractivity contribution >= 4 is 0 Å². The van der Waals surface area contributed by atoms with Gasteiger partial charge in [0.05, 0.1) is 0 Å². The zero-order valence-corrected chi connectivity index (χ0v) is 7.16. The molecule has 0 amide bonds. The Bertz CT molecular complexity index is 86.2. The Morgan fingerprint density at radius 2 is 1.60 bits per heavy atom. The molecular weight excluding hydrogens is 120 g/mol. The van der Waals surface area contributed by atoms with Crippen LogP contribution in [0.15, 0.2) is 0 Å². The van der Waals surface area contributed by atoms with E-state index in [4.69, 9.17) is 0 Å². The third-order valence-electron chi connectivity index (χ3n) is 2.91. The average molecular weight is 139 g/mol. The fourth-order valence-corrected chi connectivity index (χ4v) is 1.83. The maximum absolute atomic E-state index is 4.02. The highest BCUT2D eigenvalue weighted by Crippen LogP contribution is 2.36. The van der Waals surface area contributed by atoms with E-state index in [-0.39, 0.29) is 0 Å². The first-order valence-corrected chi connectivity index (χ1v) is 4.56. The van der Waals surface area contributed by atoms with Crippen molar-refractivity contribution in [3.05, 3.63) is 6.92 Å². The summed E-state index contributed by atoms with van der Waals surface area (Å²) in [5.74, 6) is 0. The van der Waals surface area contributed by atoms with Crippen LogP contribution in [0.2, 0.25) is 0 Å². The Morgan fingerprint density at radius 1 is 1.10 bits per heavy atom. The van der Waals surface area contributed by atoms with E-state index in [2.05, 4.69) is 13.8 Å². The Labute approximate surface area is 65.0 Å². The first-order valence-electron chi connectivity index (χ1n) is 4.56. The fourth-order valence-electron chi connectivity index (χ4n) is 1.83. The molecule has 0 unspecified atom stereocenters. The van der Waals surface area contributed by atoms with Crippen LogP contribution >= 0.6 is 0 Å². The lowest BCUT2D eigenvalue weighted by molar-refractivity contribution is 0.280. The van der Waals surface area contributed by atoms with Gasteiger partial charge in [-0.25, -0.2) is 0 Å². The lowest BCUT2D eigenvalue weighted by Crippen LogP contribution is -2.12. The molecule has 1 fully saturated rings. The van der Waals surface area contributed by atoms with E-state index >= 15 is 0 Å². The maximum atomic E-state index is 4.02. The molecule has 0 heterocycles. The molecule has 0 saturated heterocycles. The summed E-state index contributed by atoms with van der Waals surface area (Å²) in [6, 6.07) is 0. The van der Waals surface area contributed by atoms with Crippen molar-refractivity contribution < 1.29 is 0 Å². The van der Waals surface area contributed by atoms with Crippen LogP contribution in [0.1, 0.15) is 51.9 Å². The molecular formula is C10H19. The van der Waals surface area contributed by atoms with Gasteiger partial charge in [-0.3, -0.25) is 0 Å². The fraction of sp³-hybridized carbons (Fsp3) is 0.900. The van der Waals surface area contributed by atoms with Crippen molar-refractivity contribution in [1.29, 1.82) is 0 Å². The smallest absolute Gasteiger partial charge is 0.0326 e. The van der Waals surface area contributed by atoms with Crippen molar-refractivity contribution in [3.8, 4) is 0 Å². The standard InChI is InChI=1S/C10H19/c1-3-10(2)8-6-4-5-7-9-10/h1,3-9H2,2H3. The summed E-state index contributed by atoms with van der Waals surface area (Å²) in [7, 11) is 0. The van der Waals surface area contributed by atoms with Gasteiger partial charge in [-0.05, 0) is 24.7 Å². The van der Waals surface area contributed by atoms with Crippen LogP contribution in [0.25, 0.3) is 0 Å². The van der Waals surface area contributed by atoms with E-state index in [1.54, 1.807) is 0 Å². The normalized spacial score (nSPS) is 25.8. The molecule has 0 aromatic heterocycles. The van der Waals surface area contributed by atoms with Crippen LogP contribution in [-0.4, -0.2) is 0 Å². The molecule has 0 bridgehead atoms. The molecule has 0 N–H and O–H groups in total. The van der Waals surface area contributed by atoms with Gasteiger partial charge in [0.15, 0.2) is 0 Å². The maximum Gasteiger partial charge on any atom is -0.0326 e. The van der Waals surface area contributed by atoms with Crippen molar-refractivity contribution in [2.24, 2.45) is 5.41 Å². The molecule has 0 atom stereocenters. The van der Waals surface area contributed by atoms with E-state index < -0.39 is 0 Å². The largest absolute Gasteiger partial charge is 0.0596 e. The van der Waals surface area contributed by atoms with Gasteiger partial charge in [-0.2, -0.15) is 0 Å². The highest BCUT2D eigenvalue weighted by molar-refractivity contribution is 4.77. The molecule has 0 nitrogen and oxygen atoms in total. The van der Waals surface area contributed by atoms with E-state index in [0.717, 1.165) is 6.42 Å². The van der Waals surface area contributed by atoms with Crippen LogP contribution in [0.4, 0.5) is 0 Å². The monoisotopic (exact) mass is 139 g/mol. The van der Waals surface area contributed by atoms with Gasteiger partial charge in [0, 0.05) is 0 Å². The topological polar surface area (TPSA) is 0 Å². The van der Waals surface area contributed by atoms with E-state index in [9.17, 15) is 0 Å². The second-order valence-corrected chi connectivity index (χ2v) is 3.97. The summed E-state index contributed by atoms with van der Waals surface area (Å²) >= 11 is 0. The lowest BCUT2D eigenvalue weighted by Gasteiger charge is -2.25. The van der Waals surface area contributed by atoms with Gasteiger partial charge in [0.2, 0.25) is 0 Å². The van der Waals surface area contributed by atoms with Crippen LogP contribution < -0.4 is 0 Å². The molecule has 1 saturated carbocycles. The van der Waals surface area contributed by atoms with Crippen LogP contribution in [0.3, 0.4) is 0 Å². The molecule has 0 aromatic rings. The predicted octanol–water partition coefficient (Wildman–Crippen LogP) is 3.57. The summed E-state index contributed by atoms with van der Waals surface area (Å²) in [6.45, 7) is 6.42. The second-order valence-electron chi connectivity index (χ2n) is 3.97.